The van der Waals surface area contributed by atoms with Gasteiger partial charge in [-0.25, -0.2) is 4.98 Å². The van der Waals surface area contributed by atoms with Crippen LogP contribution in [0.15, 0.2) is 204 Å². The summed E-state index contributed by atoms with van der Waals surface area (Å²) in [5.41, 5.74) is 14.9. The van der Waals surface area contributed by atoms with Crippen molar-refractivity contribution in [3.8, 4) is 17.1 Å². The molecule has 12 aromatic rings. The van der Waals surface area contributed by atoms with Crippen LogP contribution in [0.4, 0.5) is 0 Å². The Morgan fingerprint density at radius 1 is 0.475 bits per heavy atom. The Balaban J connectivity index is 1.37. The molecular formula is C53H34N4O2. The summed E-state index contributed by atoms with van der Waals surface area (Å²) in [6.45, 7) is 8.17. The van der Waals surface area contributed by atoms with Crippen LogP contribution >= 0.6 is 0 Å². The molecule has 0 unspecified atom stereocenters. The van der Waals surface area contributed by atoms with Crippen LogP contribution in [0.3, 0.4) is 0 Å². The third-order valence-corrected chi connectivity index (χ3v) is 11.6. The molecule has 0 atom stereocenters. The number of hydrogen-bond acceptors (Lipinski definition) is 3. The molecule has 5 heterocycles. The summed E-state index contributed by atoms with van der Waals surface area (Å²) < 4.78 is 20.5. The van der Waals surface area contributed by atoms with Gasteiger partial charge in [0.25, 0.3) is 0 Å². The lowest BCUT2D eigenvalue weighted by Gasteiger charge is -2.18. The smallest absolute Gasteiger partial charge is 0.152 e. The van der Waals surface area contributed by atoms with Crippen LogP contribution in [-0.2, 0) is 0 Å². The lowest BCUT2D eigenvalue weighted by atomic mass is 10.0. The topological polar surface area (TPSA) is 52.9 Å². The van der Waals surface area contributed by atoms with E-state index in [2.05, 4.69) is 160 Å². The quantitative estimate of drug-likeness (QED) is 0.130. The van der Waals surface area contributed by atoms with E-state index in [9.17, 15) is 0 Å². The Morgan fingerprint density at radius 3 is 1.68 bits per heavy atom. The molecule has 0 radical (unpaired) electrons. The largest absolute Gasteiger partial charge is 0.453 e. The van der Waals surface area contributed by atoms with E-state index in [0.717, 1.165) is 116 Å². The van der Waals surface area contributed by atoms with Crippen LogP contribution in [0.25, 0.3) is 111 Å². The average Bonchev–Trinajstić information content (AvgIpc) is 3.61. The third-order valence-electron chi connectivity index (χ3n) is 11.6. The highest BCUT2D eigenvalue weighted by atomic mass is 16.3. The fourth-order valence-electron chi connectivity index (χ4n) is 9.10. The molecule has 59 heavy (non-hydrogen) atoms. The Kier molecular flexibility index (Phi) is 7.13. The number of allylic oxidation sites excluding steroid dienone is 4. The van der Waals surface area contributed by atoms with Crippen molar-refractivity contribution >= 4 is 93.6 Å². The number of nitrogens with zero attached hydrogens (tertiary/aromatic N) is 4. The third kappa shape index (κ3) is 4.84. The van der Waals surface area contributed by atoms with Gasteiger partial charge in [-0.2, -0.15) is 0 Å². The van der Waals surface area contributed by atoms with Crippen molar-refractivity contribution in [3.63, 3.8) is 0 Å². The zero-order valence-electron chi connectivity index (χ0n) is 31.8. The van der Waals surface area contributed by atoms with Gasteiger partial charge in [0.15, 0.2) is 22.3 Å². The summed E-state index contributed by atoms with van der Waals surface area (Å²) >= 11 is 0. The second-order valence-electron chi connectivity index (χ2n) is 14.9. The van der Waals surface area contributed by atoms with Crippen LogP contribution in [0.2, 0.25) is 0 Å². The first-order chi connectivity index (χ1) is 29.2. The lowest BCUT2D eigenvalue weighted by molar-refractivity contribution is 0.654. The number of para-hydroxylation sites is 7. The summed E-state index contributed by atoms with van der Waals surface area (Å²) in [6.07, 6.45) is 5.67. The van der Waals surface area contributed by atoms with Crippen LogP contribution in [0.1, 0.15) is 5.56 Å². The van der Waals surface area contributed by atoms with E-state index in [4.69, 9.17) is 13.8 Å². The van der Waals surface area contributed by atoms with Crippen molar-refractivity contribution in [2.24, 2.45) is 0 Å². The Hall–Kier alpha value is -8.09. The zero-order valence-corrected chi connectivity index (χ0v) is 31.8. The van der Waals surface area contributed by atoms with Gasteiger partial charge in [-0.3, -0.25) is 4.57 Å². The Labute approximate surface area is 337 Å². The number of aromatic nitrogens is 4. The van der Waals surface area contributed by atoms with E-state index in [1.807, 2.05) is 42.5 Å². The molecule has 0 spiro atoms. The van der Waals surface area contributed by atoms with Crippen LogP contribution in [0.5, 0.6) is 0 Å². The standard InChI is InChI=1S/C53H34N4O2/c1-3-16-33(4-2)35-29-40(34-17-6-5-7-18-34)54-51(30-35)55-41-22-9-8-19-36(41)39-31-45-46(32-44(39)55)57-43-24-11-13-26-48(43)59-50-28-15-21-38(53(50)57)37-20-14-27-49-52(37)56(45)42-23-10-12-25-47(42)58-49/h3-32H,1-2H2/b33-16+. The molecule has 0 N–H and O–H groups in total. The monoisotopic (exact) mass is 758 g/mol. The first kappa shape index (κ1) is 33.1. The molecule has 278 valence electrons. The van der Waals surface area contributed by atoms with Crippen molar-refractivity contribution in [3.05, 3.63) is 201 Å². The van der Waals surface area contributed by atoms with Gasteiger partial charge in [-0.15, -0.1) is 0 Å². The van der Waals surface area contributed by atoms with Gasteiger partial charge < -0.3 is 17.6 Å². The van der Waals surface area contributed by atoms with Gasteiger partial charge in [0.1, 0.15) is 5.82 Å². The maximum Gasteiger partial charge on any atom is 0.152 e. The molecule has 0 amide bonds. The summed E-state index contributed by atoms with van der Waals surface area (Å²) in [5, 5.41) is 4.30. The van der Waals surface area contributed by atoms with Gasteiger partial charge in [0, 0.05) is 27.1 Å². The summed E-state index contributed by atoms with van der Waals surface area (Å²) in [4.78, 5) is 5.43. The second-order valence-corrected chi connectivity index (χ2v) is 14.9. The molecule has 0 saturated heterocycles. The van der Waals surface area contributed by atoms with Crippen LogP contribution in [-0.4, -0.2) is 18.4 Å². The van der Waals surface area contributed by atoms with Crippen molar-refractivity contribution < 1.29 is 8.83 Å². The number of rotatable bonds is 5. The maximum absolute atomic E-state index is 6.73. The van der Waals surface area contributed by atoms with Crippen LogP contribution < -0.4 is 0 Å². The molecule has 6 nitrogen and oxygen atoms in total. The van der Waals surface area contributed by atoms with Gasteiger partial charge in [0.2, 0.25) is 0 Å². The van der Waals surface area contributed by atoms with Gasteiger partial charge in [-0.05, 0) is 77.9 Å². The van der Waals surface area contributed by atoms with Crippen molar-refractivity contribution in [1.82, 2.24) is 18.4 Å². The molecular weight excluding hydrogens is 725 g/mol. The first-order valence-corrected chi connectivity index (χ1v) is 19.7. The molecule has 0 aliphatic heterocycles. The number of benzene rings is 7. The molecule has 0 fully saturated rings. The molecule has 0 aliphatic rings. The van der Waals surface area contributed by atoms with Crippen LogP contribution in [0, 0.1) is 0 Å². The number of pyridine rings is 1. The van der Waals surface area contributed by atoms with E-state index >= 15 is 0 Å². The fourth-order valence-corrected chi connectivity index (χ4v) is 9.10. The summed E-state index contributed by atoms with van der Waals surface area (Å²) in [5.74, 6) is 0.794. The first-order valence-electron chi connectivity index (χ1n) is 19.7. The van der Waals surface area contributed by atoms with E-state index in [1.54, 1.807) is 6.08 Å². The molecule has 7 aromatic carbocycles. The number of fused-ring (bicyclic) bond motifs is 11. The SMILES string of the molecule is C=C/C=C(\C=C)c1cc(-c2ccccc2)nc(-n2c3ccccc3c3cc4c(cc32)n2c3ccccc3oc3cccc(c5cccc6oc7ccccc7n4c65)c32)c1. The normalized spacial score (nSPS) is 12.3. The van der Waals surface area contributed by atoms with E-state index in [-0.39, 0.29) is 0 Å². The van der Waals surface area contributed by atoms with Gasteiger partial charge in [0.05, 0.1) is 49.8 Å². The number of hydrogen-bond donors (Lipinski definition) is 0. The minimum Gasteiger partial charge on any atom is -0.453 e. The molecule has 6 heteroatoms. The summed E-state index contributed by atoms with van der Waals surface area (Å²) in [7, 11) is 0. The maximum atomic E-state index is 6.73. The summed E-state index contributed by atoms with van der Waals surface area (Å²) in [6, 6.07) is 57.2. The molecule has 0 bridgehead atoms. The Morgan fingerprint density at radius 2 is 1.03 bits per heavy atom. The Bertz CT molecular complexity index is 3830. The molecule has 0 saturated carbocycles. The van der Waals surface area contributed by atoms with Crippen molar-refractivity contribution in [1.29, 1.82) is 0 Å². The minimum atomic E-state index is 0.781. The van der Waals surface area contributed by atoms with Gasteiger partial charge in [-0.1, -0.05) is 128 Å². The minimum absolute atomic E-state index is 0.781. The predicted molar refractivity (Wildman–Crippen MR) is 244 cm³/mol. The average molecular weight is 759 g/mol. The lowest BCUT2D eigenvalue weighted by Crippen LogP contribution is -2.03. The highest BCUT2D eigenvalue weighted by Gasteiger charge is 2.21. The molecule has 5 aromatic heterocycles. The van der Waals surface area contributed by atoms with Crippen molar-refractivity contribution in [2.45, 2.75) is 0 Å². The van der Waals surface area contributed by atoms with Crippen molar-refractivity contribution in [2.75, 3.05) is 0 Å². The van der Waals surface area contributed by atoms with E-state index in [1.165, 1.54) is 0 Å². The fraction of sp³-hybridized carbons (Fsp3) is 0. The van der Waals surface area contributed by atoms with E-state index in [0.29, 0.717) is 0 Å². The predicted octanol–water partition coefficient (Wildman–Crippen LogP) is 14.2. The second kappa shape index (κ2) is 12.7. The highest BCUT2D eigenvalue weighted by Crippen LogP contribution is 2.41. The highest BCUT2D eigenvalue weighted by molar-refractivity contribution is 6.18. The molecule has 12 rings (SSSR count). The van der Waals surface area contributed by atoms with Gasteiger partial charge >= 0.3 is 0 Å². The molecule has 0 aliphatic carbocycles. The van der Waals surface area contributed by atoms with E-state index < -0.39 is 0 Å². The zero-order chi connectivity index (χ0) is 39.2.